The third kappa shape index (κ3) is 3.05. The lowest BCUT2D eigenvalue weighted by atomic mass is 9.78. The third-order valence-electron chi connectivity index (χ3n) is 3.58. The average Bonchev–Trinajstić information content (AvgIpc) is 2.55. The highest BCUT2D eigenvalue weighted by Crippen LogP contribution is 2.32. The van der Waals surface area contributed by atoms with Crippen LogP contribution in [0.15, 0.2) is 23.5 Å². The summed E-state index contributed by atoms with van der Waals surface area (Å²) in [7, 11) is 1.51. The van der Waals surface area contributed by atoms with Crippen LogP contribution in [-0.4, -0.2) is 42.3 Å². The standard InChI is InChI=1S/C13H18N4O4/c1-20-10-3-2-9(8-15-10)16-12(18)13(11(14)17-19)4-6-21-7-5-13/h2-3,8,19H,4-7H2,1H3,(H2,14,17)(H,16,18). The Morgan fingerprint density at radius 1 is 1.52 bits per heavy atom. The number of nitrogens with zero attached hydrogens (tertiary/aromatic N) is 2. The minimum atomic E-state index is -1.06. The quantitative estimate of drug-likeness (QED) is 0.323. The molecule has 0 atom stereocenters. The lowest BCUT2D eigenvalue weighted by Gasteiger charge is -2.34. The molecule has 1 aliphatic rings. The zero-order chi connectivity index (χ0) is 15.3. The minimum absolute atomic E-state index is 0.107. The van der Waals surface area contributed by atoms with Crippen molar-refractivity contribution in [2.45, 2.75) is 12.8 Å². The summed E-state index contributed by atoms with van der Waals surface area (Å²) >= 11 is 0. The van der Waals surface area contributed by atoms with Crippen molar-refractivity contribution in [1.82, 2.24) is 4.98 Å². The molecule has 1 fully saturated rings. The molecule has 1 saturated heterocycles. The van der Waals surface area contributed by atoms with E-state index in [-0.39, 0.29) is 11.7 Å². The molecule has 0 aromatic carbocycles. The van der Waals surface area contributed by atoms with E-state index < -0.39 is 5.41 Å². The van der Waals surface area contributed by atoms with Crippen LogP contribution in [0.25, 0.3) is 0 Å². The number of pyridine rings is 1. The minimum Gasteiger partial charge on any atom is -0.481 e. The van der Waals surface area contributed by atoms with Gasteiger partial charge in [0, 0.05) is 19.3 Å². The van der Waals surface area contributed by atoms with E-state index in [0.29, 0.717) is 37.6 Å². The van der Waals surface area contributed by atoms with Crippen LogP contribution in [0.4, 0.5) is 5.69 Å². The number of carbonyl (C=O) groups excluding carboxylic acids is 1. The fourth-order valence-corrected chi connectivity index (χ4v) is 2.24. The molecule has 1 aromatic heterocycles. The van der Waals surface area contributed by atoms with E-state index in [2.05, 4.69) is 15.5 Å². The van der Waals surface area contributed by atoms with Crippen LogP contribution in [0.3, 0.4) is 0 Å². The van der Waals surface area contributed by atoms with E-state index in [1.807, 2.05) is 0 Å². The normalized spacial score (nSPS) is 18.0. The second kappa shape index (κ2) is 6.40. The summed E-state index contributed by atoms with van der Waals surface area (Å²) in [4.78, 5) is 16.6. The van der Waals surface area contributed by atoms with Crippen LogP contribution in [0.2, 0.25) is 0 Å². The maximum Gasteiger partial charge on any atom is 0.238 e. The molecule has 4 N–H and O–H groups in total. The first-order valence-corrected chi connectivity index (χ1v) is 6.49. The number of aromatic nitrogens is 1. The van der Waals surface area contributed by atoms with Crippen molar-refractivity contribution < 1.29 is 19.5 Å². The Morgan fingerprint density at radius 2 is 2.24 bits per heavy atom. The van der Waals surface area contributed by atoms with Crippen molar-refractivity contribution in [3.63, 3.8) is 0 Å². The van der Waals surface area contributed by atoms with E-state index in [1.54, 1.807) is 12.1 Å². The molecule has 2 heterocycles. The number of hydrogen-bond donors (Lipinski definition) is 3. The molecule has 1 amide bonds. The van der Waals surface area contributed by atoms with Crippen LogP contribution in [-0.2, 0) is 9.53 Å². The zero-order valence-corrected chi connectivity index (χ0v) is 11.7. The van der Waals surface area contributed by atoms with Gasteiger partial charge in [0.1, 0.15) is 5.41 Å². The average molecular weight is 294 g/mol. The molecule has 1 aromatic rings. The number of oxime groups is 1. The Hall–Kier alpha value is -2.35. The van der Waals surface area contributed by atoms with Crippen LogP contribution < -0.4 is 15.8 Å². The van der Waals surface area contributed by atoms with Crippen molar-refractivity contribution in [3.8, 4) is 5.88 Å². The molecule has 0 bridgehead atoms. The van der Waals surface area contributed by atoms with Gasteiger partial charge in [-0.2, -0.15) is 0 Å². The largest absolute Gasteiger partial charge is 0.481 e. The number of amides is 1. The molecule has 8 heteroatoms. The summed E-state index contributed by atoms with van der Waals surface area (Å²) in [5.41, 5.74) is 5.18. The van der Waals surface area contributed by atoms with E-state index in [9.17, 15) is 4.79 Å². The van der Waals surface area contributed by atoms with Gasteiger partial charge in [-0.25, -0.2) is 4.98 Å². The van der Waals surface area contributed by atoms with Crippen molar-refractivity contribution in [1.29, 1.82) is 0 Å². The lowest BCUT2D eigenvalue weighted by Crippen LogP contribution is -2.50. The third-order valence-corrected chi connectivity index (χ3v) is 3.58. The Labute approximate surface area is 121 Å². The van der Waals surface area contributed by atoms with Crippen LogP contribution in [0.1, 0.15) is 12.8 Å². The summed E-state index contributed by atoms with van der Waals surface area (Å²) < 4.78 is 10.2. The summed E-state index contributed by atoms with van der Waals surface area (Å²) in [5, 5.41) is 14.7. The highest BCUT2D eigenvalue weighted by molar-refractivity contribution is 6.11. The number of anilines is 1. The summed E-state index contributed by atoms with van der Waals surface area (Å²) in [5.74, 6) is 0.00282. The SMILES string of the molecule is COc1ccc(NC(=O)C2(C(N)=NO)CCOCC2)cn1. The number of hydrogen-bond acceptors (Lipinski definition) is 6. The molecule has 0 spiro atoms. The molecule has 8 nitrogen and oxygen atoms in total. The number of amidine groups is 1. The van der Waals surface area contributed by atoms with Crippen molar-refractivity contribution in [3.05, 3.63) is 18.3 Å². The van der Waals surface area contributed by atoms with Gasteiger partial charge in [-0.05, 0) is 18.9 Å². The first-order valence-electron chi connectivity index (χ1n) is 6.49. The second-order valence-electron chi connectivity index (χ2n) is 4.72. The Bertz CT molecular complexity index is 523. The van der Waals surface area contributed by atoms with Gasteiger partial charge in [-0.3, -0.25) is 4.79 Å². The fraction of sp³-hybridized carbons (Fsp3) is 0.462. The first kappa shape index (κ1) is 15.0. The van der Waals surface area contributed by atoms with Crippen LogP contribution >= 0.6 is 0 Å². The number of methoxy groups -OCH3 is 1. The molecule has 1 aliphatic heterocycles. The summed E-state index contributed by atoms with van der Waals surface area (Å²) in [6.07, 6.45) is 2.20. The van der Waals surface area contributed by atoms with Crippen molar-refractivity contribution in [2.75, 3.05) is 25.6 Å². The number of rotatable bonds is 4. The molecular weight excluding hydrogens is 276 g/mol. The monoisotopic (exact) mass is 294 g/mol. The predicted molar refractivity (Wildman–Crippen MR) is 75.3 cm³/mol. The zero-order valence-electron chi connectivity index (χ0n) is 11.7. The highest BCUT2D eigenvalue weighted by Gasteiger charge is 2.44. The molecule has 21 heavy (non-hydrogen) atoms. The fourth-order valence-electron chi connectivity index (χ4n) is 2.24. The molecular formula is C13H18N4O4. The van der Waals surface area contributed by atoms with Crippen molar-refractivity contribution in [2.24, 2.45) is 16.3 Å². The second-order valence-corrected chi connectivity index (χ2v) is 4.72. The van der Waals surface area contributed by atoms with Gasteiger partial charge in [0.05, 0.1) is 19.0 Å². The number of nitrogens with two attached hydrogens (primary N) is 1. The van der Waals surface area contributed by atoms with Gasteiger partial charge < -0.3 is 25.7 Å². The number of nitrogens with one attached hydrogen (secondary N) is 1. The van der Waals surface area contributed by atoms with Gasteiger partial charge in [0.15, 0.2) is 5.84 Å². The lowest BCUT2D eigenvalue weighted by molar-refractivity contribution is -0.126. The van der Waals surface area contributed by atoms with Gasteiger partial charge in [0.25, 0.3) is 0 Å². The number of carbonyl (C=O) groups is 1. The molecule has 0 saturated carbocycles. The van der Waals surface area contributed by atoms with Gasteiger partial charge in [0.2, 0.25) is 11.8 Å². The number of ether oxygens (including phenoxy) is 2. The molecule has 0 unspecified atom stereocenters. The maximum atomic E-state index is 12.5. The van der Waals surface area contributed by atoms with E-state index in [0.717, 1.165) is 0 Å². The topological polar surface area (TPSA) is 119 Å². The molecule has 0 aliphatic carbocycles. The molecule has 114 valence electrons. The van der Waals surface area contributed by atoms with Crippen LogP contribution in [0.5, 0.6) is 5.88 Å². The molecule has 2 rings (SSSR count). The Morgan fingerprint density at radius 3 is 2.76 bits per heavy atom. The van der Waals surface area contributed by atoms with Gasteiger partial charge in [-0.1, -0.05) is 5.16 Å². The van der Waals surface area contributed by atoms with Gasteiger partial charge in [-0.15, -0.1) is 0 Å². The Kier molecular flexibility index (Phi) is 4.59. The van der Waals surface area contributed by atoms with E-state index >= 15 is 0 Å². The van der Waals surface area contributed by atoms with E-state index in [4.69, 9.17) is 20.4 Å². The first-order chi connectivity index (χ1) is 10.1. The Balaban J connectivity index is 2.18. The molecule has 0 radical (unpaired) electrons. The van der Waals surface area contributed by atoms with E-state index in [1.165, 1.54) is 13.3 Å². The maximum absolute atomic E-state index is 12.5. The van der Waals surface area contributed by atoms with Gasteiger partial charge >= 0.3 is 0 Å². The highest BCUT2D eigenvalue weighted by atomic mass is 16.5. The summed E-state index contributed by atoms with van der Waals surface area (Å²) in [6, 6.07) is 3.30. The van der Waals surface area contributed by atoms with Crippen LogP contribution in [0, 0.1) is 5.41 Å². The van der Waals surface area contributed by atoms with Crippen molar-refractivity contribution >= 4 is 17.4 Å². The summed E-state index contributed by atoms with van der Waals surface area (Å²) in [6.45, 7) is 0.759. The smallest absolute Gasteiger partial charge is 0.238 e. The predicted octanol–water partition coefficient (Wildman–Crippen LogP) is 0.572.